The van der Waals surface area contributed by atoms with Gasteiger partial charge >= 0.3 is 5.97 Å². The van der Waals surface area contributed by atoms with Crippen LogP contribution in [0, 0.1) is 0 Å². The van der Waals surface area contributed by atoms with Crippen LogP contribution in [0.15, 0.2) is 71.3 Å². The molecule has 2 aromatic carbocycles. The van der Waals surface area contributed by atoms with Crippen molar-refractivity contribution in [1.29, 1.82) is 0 Å². The van der Waals surface area contributed by atoms with Gasteiger partial charge in [0.05, 0.1) is 25.0 Å². The molecular weight excluding hydrogens is 342 g/mol. The molecule has 27 heavy (non-hydrogen) atoms. The van der Waals surface area contributed by atoms with Gasteiger partial charge in [-0.1, -0.05) is 30.3 Å². The van der Waals surface area contributed by atoms with Crippen LogP contribution < -0.4 is 4.74 Å². The molecule has 0 N–H and O–H groups in total. The molecule has 3 aromatic rings. The van der Waals surface area contributed by atoms with Gasteiger partial charge in [-0.05, 0) is 42.8 Å². The third-order valence-electron chi connectivity index (χ3n) is 4.53. The SMILES string of the molecule is CCOc1cccc(CN(Cc2ccco2)C2OC(=O)c3ccccc32)c1. The van der Waals surface area contributed by atoms with E-state index >= 15 is 0 Å². The van der Waals surface area contributed by atoms with Gasteiger partial charge in [-0.2, -0.15) is 0 Å². The largest absolute Gasteiger partial charge is 0.494 e. The quantitative estimate of drug-likeness (QED) is 0.577. The van der Waals surface area contributed by atoms with E-state index in [0.717, 1.165) is 22.6 Å². The number of nitrogens with zero attached hydrogens (tertiary/aromatic N) is 1. The Labute approximate surface area is 158 Å². The predicted molar refractivity (Wildman–Crippen MR) is 100 cm³/mol. The van der Waals surface area contributed by atoms with E-state index < -0.39 is 6.23 Å². The summed E-state index contributed by atoms with van der Waals surface area (Å²) in [6, 6.07) is 19.3. The molecule has 0 amide bonds. The van der Waals surface area contributed by atoms with Crippen LogP contribution >= 0.6 is 0 Å². The van der Waals surface area contributed by atoms with Crippen LogP contribution in [0.1, 0.15) is 40.4 Å². The summed E-state index contributed by atoms with van der Waals surface area (Å²) in [5.74, 6) is 1.36. The minimum absolute atomic E-state index is 0.289. The fraction of sp³-hybridized carbons (Fsp3) is 0.227. The summed E-state index contributed by atoms with van der Waals surface area (Å²) in [7, 11) is 0. The molecule has 0 spiro atoms. The number of carbonyl (C=O) groups is 1. The highest BCUT2D eigenvalue weighted by Gasteiger charge is 2.35. The highest BCUT2D eigenvalue weighted by atomic mass is 16.6. The fourth-order valence-electron chi connectivity index (χ4n) is 3.36. The van der Waals surface area contributed by atoms with Crippen molar-refractivity contribution in [1.82, 2.24) is 4.90 Å². The van der Waals surface area contributed by atoms with E-state index in [9.17, 15) is 4.79 Å². The van der Waals surface area contributed by atoms with Crippen molar-refractivity contribution in [3.05, 3.63) is 89.4 Å². The Bertz CT molecular complexity index is 920. The smallest absolute Gasteiger partial charge is 0.340 e. The van der Waals surface area contributed by atoms with Crippen molar-refractivity contribution in [2.45, 2.75) is 26.2 Å². The molecule has 2 heterocycles. The van der Waals surface area contributed by atoms with E-state index in [2.05, 4.69) is 4.90 Å². The summed E-state index contributed by atoms with van der Waals surface area (Å²) >= 11 is 0. The highest BCUT2D eigenvalue weighted by Crippen LogP contribution is 2.35. The zero-order valence-electron chi connectivity index (χ0n) is 15.1. The summed E-state index contributed by atoms with van der Waals surface area (Å²) in [4.78, 5) is 14.4. The van der Waals surface area contributed by atoms with Crippen LogP contribution in [0.5, 0.6) is 5.75 Å². The van der Waals surface area contributed by atoms with E-state index in [-0.39, 0.29) is 5.97 Å². The van der Waals surface area contributed by atoms with Crippen LogP contribution in [0.2, 0.25) is 0 Å². The summed E-state index contributed by atoms with van der Waals surface area (Å²) < 4.78 is 16.8. The number of fused-ring (bicyclic) bond motifs is 1. The Hall–Kier alpha value is -3.05. The molecule has 1 aliphatic rings. The van der Waals surface area contributed by atoms with Gasteiger partial charge in [-0.15, -0.1) is 0 Å². The zero-order valence-corrected chi connectivity index (χ0v) is 15.1. The van der Waals surface area contributed by atoms with Gasteiger partial charge in [0.2, 0.25) is 0 Å². The minimum atomic E-state index is -0.449. The third kappa shape index (κ3) is 3.73. The second-order valence-corrected chi connectivity index (χ2v) is 6.41. The van der Waals surface area contributed by atoms with Gasteiger partial charge in [0, 0.05) is 12.1 Å². The molecule has 0 saturated carbocycles. The van der Waals surface area contributed by atoms with Crippen LogP contribution in [0.3, 0.4) is 0 Å². The van der Waals surface area contributed by atoms with Crippen LogP contribution in [0.25, 0.3) is 0 Å². The Kier molecular flexibility index (Phi) is 4.94. The first-order valence-corrected chi connectivity index (χ1v) is 9.02. The lowest BCUT2D eigenvalue weighted by Crippen LogP contribution is -2.28. The molecule has 5 heteroatoms. The monoisotopic (exact) mass is 363 g/mol. The van der Waals surface area contributed by atoms with Crippen LogP contribution in [0.4, 0.5) is 0 Å². The molecule has 0 bridgehead atoms. The normalized spacial score (nSPS) is 15.6. The van der Waals surface area contributed by atoms with Gasteiger partial charge in [-0.25, -0.2) is 4.79 Å². The first kappa shape index (κ1) is 17.4. The molecule has 4 rings (SSSR count). The lowest BCUT2D eigenvalue weighted by molar-refractivity contribution is -0.0335. The number of ether oxygens (including phenoxy) is 2. The Morgan fingerprint density at radius 1 is 1.04 bits per heavy atom. The van der Waals surface area contributed by atoms with Crippen molar-refractivity contribution < 1.29 is 18.7 Å². The Balaban J connectivity index is 1.64. The summed E-state index contributed by atoms with van der Waals surface area (Å²) in [5, 5.41) is 0. The molecule has 0 fully saturated rings. The molecule has 1 aliphatic heterocycles. The van der Waals surface area contributed by atoms with Crippen LogP contribution in [-0.4, -0.2) is 17.5 Å². The molecule has 0 aliphatic carbocycles. The number of furan rings is 1. The number of rotatable bonds is 7. The van der Waals surface area contributed by atoms with Gasteiger partial charge in [0.25, 0.3) is 0 Å². The standard InChI is InChI=1S/C22H21NO4/c1-2-25-17-8-5-7-16(13-17)14-23(15-18-9-6-12-26-18)21-19-10-3-4-11-20(19)22(24)27-21/h3-13,21H,2,14-15H2,1H3. The van der Waals surface area contributed by atoms with E-state index in [0.29, 0.717) is 25.3 Å². The lowest BCUT2D eigenvalue weighted by atomic mass is 10.1. The molecule has 0 radical (unpaired) electrons. The van der Waals surface area contributed by atoms with Crippen molar-refractivity contribution in [3.8, 4) is 5.75 Å². The molecule has 0 saturated heterocycles. The summed E-state index contributed by atoms with van der Waals surface area (Å²) in [6.45, 7) is 3.70. The van der Waals surface area contributed by atoms with Crippen molar-refractivity contribution in [3.63, 3.8) is 0 Å². The number of carbonyl (C=O) groups excluding carboxylic acids is 1. The average molecular weight is 363 g/mol. The third-order valence-corrected chi connectivity index (χ3v) is 4.53. The number of hydrogen-bond donors (Lipinski definition) is 0. The topological polar surface area (TPSA) is 51.9 Å². The number of esters is 1. The first-order chi connectivity index (χ1) is 13.2. The minimum Gasteiger partial charge on any atom is -0.494 e. The maximum atomic E-state index is 12.3. The predicted octanol–water partition coefficient (Wildman–Crippen LogP) is 4.55. The van der Waals surface area contributed by atoms with E-state index in [1.165, 1.54) is 0 Å². The van der Waals surface area contributed by atoms with Crippen LogP contribution in [-0.2, 0) is 17.8 Å². The zero-order chi connectivity index (χ0) is 18.6. The molecule has 1 aromatic heterocycles. The van der Waals surface area contributed by atoms with E-state index in [1.807, 2.05) is 61.5 Å². The fourth-order valence-corrected chi connectivity index (χ4v) is 3.36. The van der Waals surface area contributed by atoms with Gasteiger partial charge in [0.1, 0.15) is 11.5 Å². The Morgan fingerprint density at radius 2 is 1.93 bits per heavy atom. The molecule has 5 nitrogen and oxygen atoms in total. The molecule has 138 valence electrons. The highest BCUT2D eigenvalue weighted by molar-refractivity contribution is 5.93. The van der Waals surface area contributed by atoms with Gasteiger partial charge in [-0.3, -0.25) is 4.90 Å². The summed E-state index contributed by atoms with van der Waals surface area (Å²) in [6.07, 6.45) is 1.20. The molecular formula is C22H21NO4. The maximum absolute atomic E-state index is 12.3. The first-order valence-electron chi connectivity index (χ1n) is 9.02. The average Bonchev–Trinajstić information content (AvgIpc) is 3.30. The molecule has 1 atom stereocenters. The van der Waals surface area contributed by atoms with Crippen molar-refractivity contribution in [2.75, 3.05) is 6.61 Å². The number of cyclic esters (lactones) is 1. The second-order valence-electron chi connectivity index (χ2n) is 6.41. The Morgan fingerprint density at radius 3 is 2.74 bits per heavy atom. The number of hydrogen-bond acceptors (Lipinski definition) is 5. The van der Waals surface area contributed by atoms with Gasteiger partial charge < -0.3 is 13.9 Å². The summed E-state index contributed by atoms with van der Waals surface area (Å²) in [5.41, 5.74) is 2.58. The van der Waals surface area contributed by atoms with Crippen molar-refractivity contribution in [2.24, 2.45) is 0 Å². The second kappa shape index (κ2) is 7.68. The maximum Gasteiger partial charge on any atom is 0.340 e. The number of benzene rings is 2. The van der Waals surface area contributed by atoms with Crippen molar-refractivity contribution >= 4 is 5.97 Å². The van der Waals surface area contributed by atoms with E-state index in [4.69, 9.17) is 13.9 Å². The lowest BCUT2D eigenvalue weighted by Gasteiger charge is -2.27. The molecule has 1 unspecified atom stereocenters. The van der Waals surface area contributed by atoms with Gasteiger partial charge in [0.15, 0.2) is 6.23 Å². The van der Waals surface area contributed by atoms with E-state index in [1.54, 1.807) is 12.3 Å².